The van der Waals surface area contributed by atoms with Gasteiger partial charge in [-0.3, -0.25) is 0 Å². The third kappa shape index (κ3) is 3.74. The summed E-state index contributed by atoms with van der Waals surface area (Å²) in [6.07, 6.45) is 3.75. The molecule has 0 spiro atoms. The van der Waals surface area contributed by atoms with E-state index in [1.807, 2.05) is 24.3 Å². The van der Waals surface area contributed by atoms with Gasteiger partial charge in [0.1, 0.15) is 11.5 Å². The quantitative estimate of drug-likeness (QED) is 0.716. The molecule has 0 unspecified atom stereocenters. The van der Waals surface area contributed by atoms with E-state index in [0.717, 1.165) is 37.1 Å². The molecule has 1 aliphatic carbocycles. The fourth-order valence-corrected chi connectivity index (χ4v) is 1.53. The van der Waals surface area contributed by atoms with Crippen LogP contribution in [0, 0.1) is 0 Å². The molecule has 16 heavy (non-hydrogen) atoms. The summed E-state index contributed by atoms with van der Waals surface area (Å²) in [4.78, 5) is 0. The third-order valence-corrected chi connectivity index (χ3v) is 2.66. The summed E-state index contributed by atoms with van der Waals surface area (Å²) in [5.74, 6) is 1.77. The highest BCUT2D eigenvalue weighted by Crippen LogP contribution is 2.18. The first-order valence-electron chi connectivity index (χ1n) is 5.89. The molecule has 2 rings (SSSR count). The van der Waals surface area contributed by atoms with E-state index < -0.39 is 0 Å². The van der Waals surface area contributed by atoms with E-state index >= 15 is 0 Å². The van der Waals surface area contributed by atoms with Crippen LogP contribution < -0.4 is 14.8 Å². The molecular weight excluding hydrogens is 202 g/mol. The number of benzene rings is 1. The van der Waals surface area contributed by atoms with E-state index in [0.29, 0.717) is 0 Å². The number of methoxy groups -OCH3 is 1. The van der Waals surface area contributed by atoms with Crippen molar-refractivity contribution in [3.05, 3.63) is 24.3 Å². The molecule has 0 aromatic heterocycles. The van der Waals surface area contributed by atoms with Gasteiger partial charge in [-0.1, -0.05) is 0 Å². The minimum Gasteiger partial charge on any atom is -0.497 e. The summed E-state index contributed by atoms with van der Waals surface area (Å²) >= 11 is 0. The van der Waals surface area contributed by atoms with Crippen molar-refractivity contribution >= 4 is 0 Å². The predicted molar refractivity (Wildman–Crippen MR) is 64.1 cm³/mol. The average Bonchev–Trinajstić information content (AvgIpc) is 3.13. The zero-order chi connectivity index (χ0) is 11.2. The molecule has 0 radical (unpaired) electrons. The van der Waals surface area contributed by atoms with Crippen LogP contribution in [-0.2, 0) is 0 Å². The lowest BCUT2D eigenvalue weighted by atomic mass is 10.3. The summed E-state index contributed by atoms with van der Waals surface area (Å²) in [6.45, 7) is 1.83. The second kappa shape index (κ2) is 5.75. The van der Waals surface area contributed by atoms with Gasteiger partial charge in [0, 0.05) is 6.04 Å². The summed E-state index contributed by atoms with van der Waals surface area (Å²) in [5, 5.41) is 3.46. The van der Waals surface area contributed by atoms with Gasteiger partial charge in [-0.25, -0.2) is 0 Å². The van der Waals surface area contributed by atoms with Crippen molar-refractivity contribution in [1.29, 1.82) is 0 Å². The molecule has 0 amide bonds. The van der Waals surface area contributed by atoms with Gasteiger partial charge in [0.25, 0.3) is 0 Å². The fourth-order valence-electron chi connectivity index (χ4n) is 1.53. The first-order valence-corrected chi connectivity index (χ1v) is 5.89. The lowest BCUT2D eigenvalue weighted by Crippen LogP contribution is -2.19. The van der Waals surface area contributed by atoms with Crippen molar-refractivity contribution in [3.8, 4) is 11.5 Å². The fraction of sp³-hybridized carbons (Fsp3) is 0.538. The summed E-state index contributed by atoms with van der Waals surface area (Å²) in [7, 11) is 1.67. The molecule has 0 heterocycles. The van der Waals surface area contributed by atoms with Crippen molar-refractivity contribution in [2.75, 3.05) is 20.3 Å². The molecule has 3 nitrogen and oxygen atoms in total. The number of hydrogen-bond acceptors (Lipinski definition) is 3. The number of hydrogen-bond donors (Lipinski definition) is 1. The number of ether oxygens (including phenoxy) is 2. The predicted octanol–water partition coefficient (Wildman–Crippen LogP) is 2.22. The average molecular weight is 221 g/mol. The minimum absolute atomic E-state index is 0.770. The van der Waals surface area contributed by atoms with Crippen molar-refractivity contribution in [1.82, 2.24) is 5.32 Å². The van der Waals surface area contributed by atoms with Gasteiger partial charge in [0.15, 0.2) is 0 Å². The Morgan fingerprint density at radius 3 is 2.50 bits per heavy atom. The van der Waals surface area contributed by atoms with Gasteiger partial charge in [-0.15, -0.1) is 0 Å². The largest absolute Gasteiger partial charge is 0.497 e. The molecular formula is C13H19NO2. The van der Waals surface area contributed by atoms with Gasteiger partial charge in [0.2, 0.25) is 0 Å². The Bertz CT molecular complexity index is 306. The molecule has 88 valence electrons. The van der Waals surface area contributed by atoms with Crippen LogP contribution in [0.1, 0.15) is 19.3 Å². The second-order valence-electron chi connectivity index (χ2n) is 4.11. The Morgan fingerprint density at radius 2 is 1.88 bits per heavy atom. The van der Waals surface area contributed by atoms with E-state index in [2.05, 4.69) is 5.32 Å². The standard InChI is InChI=1S/C13H19NO2/c1-15-12-5-7-13(8-6-12)16-10-2-9-14-11-3-4-11/h5-8,11,14H,2-4,9-10H2,1H3. The van der Waals surface area contributed by atoms with E-state index in [-0.39, 0.29) is 0 Å². The zero-order valence-corrected chi connectivity index (χ0v) is 9.74. The molecule has 0 aliphatic heterocycles. The zero-order valence-electron chi connectivity index (χ0n) is 9.74. The Kier molecular flexibility index (Phi) is 4.05. The SMILES string of the molecule is COc1ccc(OCCCNC2CC2)cc1. The van der Waals surface area contributed by atoms with Gasteiger partial charge in [0.05, 0.1) is 13.7 Å². The van der Waals surface area contributed by atoms with E-state index in [4.69, 9.17) is 9.47 Å². The molecule has 0 saturated heterocycles. The maximum atomic E-state index is 5.61. The molecule has 0 atom stereocenters. The Hall–Kier alpha value is -1.22. The van der Waals surface area contributed by atoms with Gasteiger partial charge in [-0.2, -0.15) is 0 Å². The van der Waals surface area contributed by atoms with Crippen LogP contribution in [0.5, 0.6) is 11.5 Å². The second-order valence-corrected chi connectivity index (χ2v) is 4.11. The van der Waals surface area contributed by atoms with Crippen LogP contribution in [0.4, 0.5) is 0 Å². The third-order valence-electron chi connectivity index (χ3n) is 2.66. The highest BCUT2D eigenvalue weighted by atomic mass is 16.5. The van der Waals surface area contributed by atoms with Crippen molar-refractivity contribution in [2.24, 2.45) is 0 Å². The summed E-state index contributed by atoms with van der Waals surface area (Å²) in [6, 6.07) is 8.50. The van der Waals surface area contributed by atoms with Crippen LogP contribution in [0.25, 0.3) is 0 Å². The summed E-state index contributed by atoms with van der Waals surface area (Å²) in [5.41, 5.74) is 0. The molecule has 1 aliphatic rings. The molecule has 1 N–H and O–H groups in total. The lowest BCUT2D eigenvalue weighted by Gasteiger charge is -2.07. The monoisotopic (exact) mass is 221 g/mol. The maximum absolute atomic E-state index is 5.61. The highest BCUT2D eigenvalue weighted by molar-refractivity contribution is 5.31. The first kappa shape index (κ1) is 11.3. The smallest absolute Gasteiger partial charge is 0.119 e. The topological polar surface area (TPSA) is 30.5 Å². The van der Waals surface area contributed by atoms with Gasteiger partial charge in [-0.05, 0) is 50.1 Å². The number of nitrogens with one attached hydrogen (secondary N) is 1. The van der Waals surface area contributed by atoms with Crippen LogP contribution in [0.3, 0.4) is 0 Å². The van der Waals surface area contributed by atoms with Gasteiger partial charge >= 0.3 is 0 Å². The number of rotatable bonds is 7. The Morgan fingerprint density at radius 1 is 1.19 bits per heavy atom. The molecule has 1 fully saturated rings. The molecule has 1 aromatic rings. The maximum Gasteiger partial charge on any atom is 0.119 e. The highest BCUT2D eigenvalue weighted by Gasteiger charge is 2.19. The molecule has 0 bridgehead atoms. The molecule has 1 aromatic carbocycles. The Labute approximate surface area is 96.8 Å². The van der Waals surface area contributed by atoms with E-state index in [9.17, 15) is 0 Å². The van der Waals surface area contributed by atoms with E-state index in [1.54, 1.807) is 7.11 Å². The van der Waals surface area contributed by atoms with Crippen LogP contribution >= 0.6 is 0 Å². The van der Waals surface area contributed by atoms with Crippen molar-refractivity contribution in [2.45, 2.75) is 25.3 Å². The van der Waals surface area contributed by atoms with Crippen molar-refractivity contribution < 1.29 is 9.47 Å². The normalized spacial score (nSPS) is 14.8. The van der Waals surface area contributed by atoms with Crippen LogP contribution in [0.2, 0.25) is 0 Å². The van der Waals surface area contributed by atoms with Gasteiger partial charge < -0.3 is 14.8 Å². The van der Waals surface area contributed by atoms with Crippen LogP contribution in [0.15, 0.2) is 24.3 Å². The lowest BCUT2D eigenvalue weighted by molar-refractivity contribution is 0.307. The Balaban J connectivity index is 1.60. The van der Waals surface area contributed by atoms with Crippen molar-refractivity contribution in [3.63, 3.8) is 0 Å². The molecule has 3 heteroatoms. The first-order chi connectivity index (χ1) is 7.88. The van der Waals surface area contributed by atoms with E-state index in [1.165, 1.54) is 12.8 Å². The minimum atomic E-state index is 0.770. The molecule has 1 saturated carbocycles. The van der Waals surface area contributed by atoms with Crippen LogP contribution in [-0.4, -0.2) is 26.3 Å². The summed E-state index contributed by atoms with van der Waals surface area (Å²) < 4.78 is 10.7.